The summed E-state index contributed by atoms with van der Waals surface area (Å²) in [7, 11) is 0. The summed E-state index contributed by atoms with van der Waals surface area (Å²) >= 11 is 0. The molecule has 0 saturated carbocycles. The van der Waals surface area contributed by atoms with Crippen molar-refractivity contribution in [3.05, 3.63) is 78.4 Å². The van der Waals surface area contributed by atoms with E-state index < -0.39 is 0 Å². The van der Waals surface area contributed by atoms with Gasteiger partial charge in [-0.2, -0.15) is 10.1 Å². The molecule has 10 nitrogen and oxygen atoms in total. The minimum atomic E-state index is -0.379. The maximum Gasteiger partial charge on any atom is 0.292 e. The molecule has 5 rings (SSSR count). The van der Waals surface area contributed by atoms with Gasteiger partial charge in [0.15, 0.2) is 0 Å². The van der Waals surface area contributed by atoms with Gasteiger partial charge in [0.25, 0.3) is 11.7 Å². The van der Waals surface area contributed by atoms with Crippen molar-refractivity contribution >= 4 is 11.4 Å². The van der Waals surface area contributed by atoms with Crippen molar-refractivity contribution in [3.63, 3.8) is 0 Å². The molecule has 35 heavy (non-hydrogen) atoms. The maximum atomic E-state index is 12.5. The number of aryl methyl sites for hydroxylation is 1. The molecule has 0 saturated heterocycles. The van der Waals surface area contributed by atoms with Gasteiger partial charge in [0.1, 0.15) is 12.7 Å². The van der Waals surface area contributed by atoms with Gasteiger partial charge in [-0.25, -0.2) is 19.5 Å². The predicted octanol–water partition coefficient (Wildman–Crippen LogP) is 3.77. The number of nitrogens with zero attached hydrogens (tertiary/aromatic N) is 7. The summed E-state index contributed by atoms with van der Waals surface area (Å²) in [6.07, 6.45) is 8.50. The zero-order valence-electron chi connectivity index (χ0n) is 19.9. The van der Waals surface area contributed by atoms with Crippen LogP contribution < -0.4 is 5.32 Å². The second-order valence-electron chi connectivity index (χ2n) is 9.29. The maximum absolute atomic E-state index is 12.5. The molecule has 4 heterocycles. The highest BCUT2D eigenvalue weighted by molar-refractivity contribution is 5.90. The zero-order valence-corrected chi connectivity index (χ0v) is 19.9. The molecule has 0 aliphatic rings. The highest BCUT2D eigenvalue weighted by atomic mass is 16.5. The second kappa shape index (κ2) is 8.71. The topological polar surface area (TPSA) is 124 Å². The number of fused-ring (bicyclic) bond motifs is 1. The van der Waals surface area contributed by atoms with Crippen molar-refractivity contribution in [2.75, 3.05) is 0 Å². The Hall–Kier alpha value is -4.47. The number of rotatable bonds is 5. The van der Waals surface area contributed by atoms with Crippen LogP contribution in [0.1, 0.15) is 48.4 Å². The van der Waals surface area contributed by atoms with Crippen LogP contribution in [0.4, 0.5) is 0 Å². The number of hydrogen-bond acceptors (Lipinski definition) is 8. The van der Waals surface area contributed by atoms with E-state index >= 15 is 0 Å². The molecule has 1 N–H and O–H groups in total. The van der Waals surface area contributed by atoms with Crippen molar-refractivity contribution < 1.29 is 9.32 Å². The lowest BCUT2D eigenvalue weighted by Gasteiger charge is -2.10. The Morgan fingerprint density at radius 2 is 1.86 bits per heavy atom. The second-order valence-corrected chi connectivity index (χ2v) is 9.29. The summed E-state index contributed by atoms with van der Waals surface area (Å²) in [6.45, 7) is 8.18. The molecule has 0 atom stereocenters. The standard InChI is InChI=1S/C25H24N8O2/c1-15-7-16(5-6-17(15)11-28-23(34)22-31-24(35-32-22)25(2,3)4)21-20-8-18(12-33(20)30-14-29-21)19-9-26-13-27-10-19/h5-10,12-14H,11H2,1-4H3,(H,28,34). The van der Waals surface area contributed by atoms with E-state index in [0.717, 1.165) is 39.0 Å². The normalized spacial score (nSPS) is 11.7. The SMILES string of the molecule is Cc1cc(-c2ncnn3cc(-c4cncnc4)cc23)ccc1CNC(=O)c1noc(C(C)(C)C)n1. The first-order chi connectivity index (χ1) is 16.8. The number of aromatic nitrogens is 7. The molecular formula is C25H24N8O2. The Morgan fingerprint density at radius 3 is 2.57 bits per heavy atom. The summed E-state index contributed by atoms with van der Waals surface area (Å²) in [6, 6.07) is 8.04. The third-order valence-corrected chi connectivity index (χ3v) is 5.63. The van der Waals surface area contributed by atoms with Gasteiger partial charge >= 0.3 is 0 Å². The average Bonchev–Trinajstić information content (AvgIpc) is 3.51. The molecule has 0 aliphatic heterocycles. The van der Waals surface area contributed by atoms with Gasteiger partial charge in [-0.1, -0.05) is 38.1 Å². The fourth-order valence-corrected chi connectivity index (χ4v) is 3.67. The monoisotopic (exact) mass is 468 g/mol. The van der Waals surface area contributed by atoms with Gasteiger partial charge in [-0.3, -0.25) is 4.79 Å². The number of carbonyl (C=O) groups is 1. The van der Waals surface area contributed by atoms with E-state index in [1.54, 1.807) is 16.9 Å². The fraction of sp³-hybridized carbons (Fsp3) is 0.240. The van der Waals surface area contributed by atoms with Crippen molar-refractivity contribution in [1.82, 2.24) is 40.0 Å². The zero-order chi connectivity index (χ0) is 24.6. The highest BCUT2D eigenvalue weighted by Crippen LogP contribution is 2.28. The number of nitrogens with one attached hydrogen (secondary N) is 1. The molecule has 0 aliphatic carbocycles. The summed E-state index contributed by atoms with van der Waals surface area (Å²) in [5.41, 5.74) is 6.17. The Balaban J connectivity index is 1.36. The largest absolute Gasteiger partial charge is 0.345 e. The first-order valence-electron chi connectivity index (χ1n) is 11.1. The van der Waals surface area contributed by atoms with Crippen LogP contribution in [0.15, 0.2) is 60.0 Å². The molecule has 176 valence electrons. The highest BCUT2D eigenvalue weighted by Gasteiger charge is 2.24. The molecule has 0 spiro atoms. The van der Waals surface area contributed by atoms with Crippen molar-refractivity contribution in [2.45, 2.75) is 39.7 Å². The van der Waals surface area contributed by atoms with Crippen LogP contribution in [0.25, 0.3) is 27.9 Å². The van der Waals surface area contributed by atoms with Crippen LogP contribution >= 0.6 is 0 Å². The third kappa shape index (κ3) is 4.50. The van der Waals surface area contributed by atoms with Crippen LogP contribution in [0.2, 0.25) is 0 Å². The number of amides is 1. The Kier molecular flexibility index (Phi) is 5.56. The molecule has 0 unspecified atom stereocenters. The first kappa shape index (κ1) is 22.3. The van der Waals surface area contributed by atoms with Gasteiger partial charge in [0.2, 0.25) is 5.89 Å². The van der Waals surface area contributed by atoms with Crippen LogP contribution in [0.5, 0.6) is 0 Å². The minimum Gasteiger partial charge on any atom is -0.345 e. The van der Waals surface area contributed by atoms with E-state index in [2.05, 4.69) is 35.5 Å². The summed E-state index contributed by atoms with van der Waals surface area (Å²) < 4.78 is 7.01. The molecule has 10 heteroatoms. The molecule has 1 amide bonds. The van der Waals surface area contributed by atoms with E-state index in [0.29, 0.717) is 12.4 Å². The lowest BCUT2D eigenvalue weighted by molar-refractivity contribution is 0.0937. The minimum absolute atomic E-state index is 0.0282. The van der Waals surface area contributed by atoms with Gasteiger partial charge in [-0.15, -0.1) is 0 Å². The fourth-order valence-electron chi connectivity index (χ4n) is 3.67. The first-order valence-corrected chi connectivity index (χ1v) is 11.1. The summed E-state index contributed by atoms with van der Waals surface area (Å²) in [5.74, 6) is 0.0731. The number of carbonyl (C=O) groups excluding carboxylic acids is 1. The number of benzene rings is 1. The van der Waals surface area contributed by atoms with E-state index in [4.69, 9.17) is 4.52 Å². The van der Waals surface area contributed by atoms with Crippen LogP contribution in [0, 0.1) is 6.92 Å². The average molecular weight is 469 g/mol. The molecule has 4 aromatic heterocycles. The Morgan fingerprint density at radius 1 is 1.06 bits per heavy atom. The van der Waals surface area contributed by atoms with Gasteiger partial charge in [0.05, 0.1) is 11.2 Å². The van der Waals surface area contributed by atoms with Crippen molar-refractivity contribution in [1.29, 1.82) is 0 Å². The molecule has 1 aromatic carbocycles. The molecular weight excluding hydrogens is 444 g/mol. The molecule has 5 aromatic rings. The van der Waals surface area contributed by atoms with E-state index in [-0.39, 0.29) is 17.1 Å². The smallest absolute Gasteiger partial charge is 0.292 e. The van der Waals surface area contributed by atoms with Gasteiger partial charge in [-0.05, 0) is 30.2 Å². The molecule has 0 bridgehead atoms. The van der Waals surface area contributed by atoms with Crippen LogP contribution in [-0.2, 0) is 12.0 Å². The van der Waals surface area contributed by atoms with Crippen LogP contribution in [-0.4, -0.2) is 40.6 Å². The summed E-state index contributed by atoms with van der Waals surface area (Å²) in [5, 5.41) is 11.0. The van der Waals surface area contributed by atoms with E-state index in [1.807, 2.05) is 58.2 Å². The quantitative estimate of drug-likeness (QED) is 0.413. The summed E-state index contributed by atoms with van der Waals surface area (Å²) in [4.78, 5) is 29.4. The van der Waals surface area contributed by atoms with Crippen molar-refractivity contribution in [3.8, 4) is 22.4 Å². The van der Waals surface area contributed by atoms with Crippen LogP contribution in [0.3, 0.4) is 0 Å². The predicted molar refractivity (Wildman–Crippen MR) is 128 cm³/mol. The van der Waals surface area contributed by atoms with Gasteiger partial charge in [0, 0.05) is 47.2 Å². The Bertz CT molecular complexity index is 1520. The third-order valence-electron chi connectivity index (χ3n) is 5.63. The lowest BCUT2D eigenvalue weighted by atomic mass is 9.97. The molecule has 0 radical (unpaired) electrons. The molecule has 0 fully saturated rings. The Labute approximate surface area is 201 Å². The number of hydrogen-bond donors (Lipinski definition) is 1. The van der Waals surface area contributed by atoms with Gasteiger partial charge < -0.3 is 9.84 Å². The lowest BCUT2D eigenvalue weighted by Crippen LogP contribution is -2.24. The van der Waals surface area contributed by atoms with E-state index in [1.165, 1.54) is 12.7 Å². The van der Waals surface area contributed by atoms with E-state index in [9.17, 15) is 4.79 Å². The van der Waals surface area contributed by atoms with Crippen molar-refractivity contribution in [2.24, 2.45) is 0 Å².